The van der Waals surface area contributed by atoms with Gasteiger partial charge in [-0.2, -0.15) is 0 Å². The van der Waals surface area contributed by atoms with E-state index < -0.39 is 6.04 Å². The minimum Gasteiger partial charge on any atom is -0.484 e. The van der Waals surface area contributed by atoms with Crippen LogP contribution in [0.5, 0.6) is 5.75 Å². The maximum absolute atomic E-state index is 13.2. The number of nitrogens with zero attached hydrogens (tertiary/aromatic N) is 1. The van der Waals surface area contributed by atoms with Crippen LogP contribution >= 0.6 is 0 Å². The van der Waals surface area contributed by atoms with Gasteiger partial charge in [0, 0.05) is 13.1 Å². The maximum Gasteiger partial charge on any atom is 0.261 e. The summed E-state index contributed by atoms with van der Waals surface area (Å²) in [7, 11) is 0. The summed E-state index contributed by atoms with van der Waals surface area (Å²) in [6, 6.07) is 11.0. The first-order valence-corrected chi connectivity index (χ1v) is 9.83. The lowest BCUT2D eigenvalue weighted by atomic mass is 10.1. The van der Waals surface area contributed by atoms with E-state index in [-0.39, 0.29) is 30.8 Å². The Bertz CT molecular complexity index is 816. The van der Waals surface area contributed by atoms with Gasteiger partial charge in [0.15, 0.2) is 6.61 Å². The summed E-state index contributed by atoms with van der Waals surface area (Å²) in [4.78, 5) is 26.8. The molecule has 0 spiro atoms. The highest BCUT2D eigenvalue weighted by atomic mass is 19.1. The molecule has 0 aromatic heterocycles. The number of hydrogen-bond acceptors (Lipinski definition) is 3. The summed E-state index contributed by atoms with van der Waals surface area (Å²) in [5.41, 5.74) is 2.83. The fraction of sp³-hybridized carbons (Fsp3) is 0.391. The summed E-state index contributed by atoms with van der Waals surface area (Å²) >= 11 is 0. The quantitative estimate of drug-likeness (QED) is 0.697. The van der Waals surface area contributed by atoms with Crippen molar-refractivity contribution in [2.24, 2.45) is 0 Å². The van der Waals surface area contributed by atoms with Crippen LogP contribution in [0.3, 0.4) is 0 Å². The van der Waals surface area contributed by atoms with E-state index >= 15 is 0 Å². The molecule has 29 heavy (non-hydrogen) atoms. The SMILES string of the molecule is CCCNC(=O)[C@H](C)N(Cc1ccc(F)cc1)C(=O)COc1cc(C)cc(C)c1. The molecule has 0 saturated heterocycles. The molecule has 2 aromatic rings. The standard InChI is InChI=1S/C23H29FN2O3/c1-5-10-25-23(28)18(4)26(14-19-6-8-20(24)9-7-19)22(27)15-29-21-12-16(2)11-17(3)13-21/h6-9,11-13,18H,5,10,14-15H2,1-4H3,(H,25,28)/t18-/m0/s1. The highest BCUT2D eigenvalue weighted by molar-refractivity contribution is 5.87. The lowest BCUT2D eigenvalue weighted by molar-refractivity contribution is -0.142. The lowest BCUT2D eigenvalue weighted by Gasteiger charge is -2.28. The minimum atomic E-state index is -0.679. The van der Waals surface area contributed by atoms with Gasteiger partial charge in [-0.3, -0.25) is 9.59 Å². The molecule has 0 fully saturated rings. The van der Waals surface area contributed by atoms with Gasteiger partial charge in [-0.05, 0) is 68.1 Å². The van der Waals surface area contributed by atoms with Gasteiger partial charge in [0.2, 0.25) is 5.91 Å². The molecule has 2 rings (SSSR count). The maximum atomic E-state index is 13.2. The van der Waals surface area contributed by atoms with Gasteiger partial charge >= 0.3 is 0 Å². The van der Waals surface area contributed by atoms with Gasteiger partial charge in [0.1, 0.15) is 17.6 Å². The van der Waals surface area contributed by atoms with Crippen molar-refractivity contribution in [3.05, 3.63) is 65.0 Å². The molecule has 0 saturated carbocycles. The predicted octanol–water partition coefficient (Wildman–Crippen LogP) is 3.76. The zero-order chi connectivity index (χ0) is 21.4. The van der Waals surface area contributed by atoms with Crippen LogP contribution in [0.1, 0.15) is 37.0 Å². The predicted molar refractivity (Wildman–Crippen MR) is 111 cm³/mol. The van der Waals surface area contributed by atoms with Crippen LogP contribution in [0.25, 0.3) is 0 Å². The van der Waals surface area contributed by atoms with Crippen LogP contribution in [-0.4, -0.2) is 35.9 Å². The first kappa shape index (κ1) is 22.4. The molecule has 2 amide bonds. The summed E-state index contributed by atoms with van der Waals surface area (Å²) in [5, 5.41) is 2.82. The monoisotopic (exact) mass is 400 g/mol. The Morgan fingerprint density at radius 1 is 1.10 bits per heavy atom. The molecule has 1 atom stereocenters. The zero-order valence-corrected chi connectivity index (χ0v) is 17.5. The van der Waals surface area contributed by atoms with E-state index in [4.69, 9.17) is 4.74 Å². The fourth-order valence-corrected chi connectivity index (χ4v) is 3.01. The number of carbonyl (C=O) groups is 2. The average molecular weight is 400 g/mol. The summed E-state index contributed by atoms with van der Waals surface area (Å²) < 4.78 is 18.9. The van der Waals surface area contributed by atoms with Crippen molar-refractivity contribution in [2.45, 2.75) is 46.7 Å². The van der Waals surface area contributed by atoms with E-state index in [1.54, 1.807) is 19.1 Å². The van der Waals surface area contributed by atoms with Gasteiger partial charge in [-0.1, -0.05) is 25.1 Å². The molecule has 0 radical (unpaired) electrons. The zero-order valence-electron chi connectivity index (χ0n) is 17.5. The molecular formula is C23H29FN2O3. The molecule has 0 aliphatic carbocycles. The van der Waals surface area contributed by atoms with Crippen molar-refractivity contribution in [3.8, 4) is 5.75 Å². The molecule has 0 aliphatic heterocycles. The Balaban J connectivity index is 2.14. The molecule has 2 aromatic carbocycles. The molecule has 5 nitrogen and oxygen atoms in total. The second kappa shape index (κ2) is 10.6. The van der Waals surface area contributed by atoms with Gasteiger partial charge in [-0.25, -0.2) is 4.39 Å². The second-order valence-electron chi connectivity index (χ2n) is 7.23. The average Bonchev–Trinajstić information content (AvgIpc) is 2.68. The van der Waals surface area contributed by atoms with Crippen LogP contribution in [0.15, 0.2) is 42.5 Å². The van der Waals surface area contributed by atoms with Crippen molar-refractivity contribution in [1.29, 1.82) is 0 Å². The van der Waals surface area contributed by atoms with E-state index in [9.17, 15) is 14.0 Å². The number of ether oxygens (including phenoxy) is 1. The Morgan fingerprint density at radius 3 is 2.31 bits per heavy atom. The number of halogens is 1. The van der Waals surface area contributed by atoms with Crippen LogP contribution < -0.4 is 10.1 Å². The molecule has 1 N–H and O–H groups in total. The smallest absolute Gasteiger partial charge is 0.261 e. The summed E-state index contributed by atoms with van der Waals surface area (Å²) in [5.74, 6) is -0.277. The van der Waals surface area contributed by atoms with Gasteiger partial charge < -0.3 is 15.0 Å². The normalized spacial score (nSPS) is 11.6. The van der Waals surface area contributed by atoms with Gasteiger partial charge in [-0.15, -0.1) is 0 Å². The van der Waals surface area contributed by atoms with Crippen LogP contribution in [0.4, 0.5) is 4.39 Å². The largest absolute Gasteiger partial charge is 0.484 e. The Morgan fingerprint density at radius 2 is 1.72 bits per heavy atom. The highest BCUT2D eigenvalue weighted by Gasteiger charge is 2.26. The van der Waals surface area contributed by atoms with Gasteiger partial charge in [0.05, 0.1) is 0 Å². The van der Waals surface area contributed by atoms with Crippen molar-refractivity contribution < 1.29 is 18.7 Å². The molecule has 0 aliphatic rings. The number of rotatable bonds is 9. The minimum absolute atomic E-state index is 0.185. The highest BCUT2D eigenvalue weighted by Crippen LogP contribution is 2.17. The van der Waals surface area contributed by atoms with E-state index in [1.807, 2.05) is 39.0 Å². The van der Waals surface area contributed by atoms with Crippen LogP contribution in [0, 0.1) is 19.7 Å². The summed E-state index contributed by atoms with van der Waals surface area (Å²) in [6.45, 7) is 8.12. The Hall–Kier alpha value is -2.89. The van der Waals surface area contributed by atoms with Crippen molar-refractivity contribution >= 4 is 11.8 Å². The molecule has 0 heterocycles. The van der Waals surface area contributed by atoms with Crippen LogP contribution in [-0.2, 0) is 16.1 Å². The summed E-state index contributed by atoms with van der Waals surface area (Å²) in [6.07, 6.45) is 0.806. The van der Waals surface area contributed by atoms with Crippen LogP contribution in [0.2, 0.25) is 0 Å². The first-order chi connectivity index (χ1) is 13.8. The number of nitrogens with one attached hydrogen (secondary N) is 1. The molecule has 0 unspecified atom stereocenters. The second-order valence-corrected chi connectivity index (χ2v) is 7.23. The number of hydrogen-bond donors (Lipinski definition) is 1. The topological polar surface area (TPSA) is 58.6 Å². The Kier molecular flexibility index (Phi) is 8.19. The third kappa shape index (κ3) is 6.89. The van der Waals surface area contributed by atoms with E-state index in [0.29, 0.717) is 12.3 Å². The lowest BCUT2D eigenvalue weighted by Crippen LogP contribution is -2.49. The van der Waals surface area contributed by atoms with Crippen molar-refractivity contribution in [1.82, 2.24) is 10.2 Å². The molecule has 6 heteroatoms. The Labute approximate surface area is 171 Å². The third-order valence-electron chi connectivity index (χ3n) is 4.54. The van der Waals surface area contributed by atoms with E-state index in [0.717, 1.165) is 23.1 Å². The van der Waals surface area contributed by atoms with Gasteiger partial charge in [0.25, 0.3) is 5.91 Å². The van der Waals surface area contributed by atoms with Crippen molar-refractivity contribution in [3.63, 3.8) is 0 Å². The van der Waals surface area contributed by atoms with E-state index in [2.05, 4.69) is 5.32 Å². The number of benzene rings is 2. The fourth-order valence-electron chi connectivity index (χ4n) is 3.01. The van der Waals surface area contributed by atoms with E-state index in [1.165, 1.54) is 17.0 Å². The molecule has 156 valence electrons. The number of aryl methyl sites for hydroxylation is 2. The number of amides is 2. The number of carbonyl (C=O) groups excluding carboxylic acids is 2. The van der Waals surface area contributed by atoms with Crippen molar-refractivity contribution in [2.75, 3.05) is 13.2 Å². The first-order valence-electron chi connectivity index (χ1n) is 9.83. The molecule has 0 bridgehead atoms. The third-order valence-corrected chi connectivity index (χ3v) is 4.54. The molecular weight excluding hydrogens is 371 g/mol.